The molecule has 1 aromatic rings. The highest BCUT2D eigenvalue weighted by molar-refractivity contribution is 5.83. The third-order valence-corrected chi connectivity index (χ3v) is 5.62. The predicted molar refractivity (Wildman–Crippen MR) is 98.9 cm³/mol. The van der Waals surface area contributed by atoms with Gasteiger partial charge in [-0.3, -0.25) is 10.2 Å². The van der Waals surface area contributed by atoms with Gasteiger partial charge in [-0.05, 0) is 37.8 Å². The molecule has 2 atom stereocenters. The van der Waals surface area contributed by atoms with E-state index in [0.717, 1.165) is 56.8 Å². The lowest BCUT2D eigenvalue weighted by Crippen LogP contribution is -2.48. The van der Waals surface area contributed by atoms with E-state index in [0.29, 0.717) is 25.3 Å². The van der Waals surface area contributed by atoms with Crippen molar-refractivity contribution in [1.82, 2.24) is 9.80 Å². The van der Waals surface area contributed by atoms with Gasteiger partial charge in [0.2, 0.25) is 5.91 Å². The molecule has 3 heterocycles. The number of nitrogens with one attached hydrogen (secondary N) is 1. The highest BCUT2D eigenvalue weighted by Crippen LogP contribution is 2.32. The number of carbonyl (C=O) groups excluding carboxylic acids is 1. The smallest absolute Gasteiger partial charge is 0.222 e. The van der Waals surface area contributed by atoms with Crippen LogP contribution in [-0.4, -0.2) is 59.9 Å². The van der Waals surface area contributed by atoms with Gasteiger partial charge in [0.25, 0.3) is 0 Å². The maximum absolute atomic E-state index is 11.9. The Bertz CT molecular complexity index is 678. The van der Waals surface area contributed by atoms with Crippen LogP contribution >= 0.6 is 0 Å². The van der Waals surface area contributed by atoms with E-state index in [4.69, 9.17) is 14.9 Å². The van der Waals surface area contributed by atoms with Gasteiger partial charge in [-0.25, -0.2) is 0 Å². The highest BCUT2D eigenvalue weighted by Gasteiger charge is 2.32. The number of para-hydroxylation sites is 2. The first-order valence-corrected chi connectivity index (χ1v) is 9.71. The first-order chi connectivity index (χ1) is 12.7. The molecule has 6 nitrogen and oxygen atoms in total. The molecule has 0 radical (unpaired) electrons. The van der Waals surface area contributed by atoms with Gasteiger partial charge in [0, 0.05) is 38.5 Å². The zero-order chi connectivity index (χ0) is 17.9. The Kier molecular flexibility index (Phi) is 5.00. The quantitative estimate of drug-likeness (QED) is 0.880. The topological polar surface area (TPSA) is 65.9 Å². The minimum absolute atomic E-state index is 0.0823. The first-order valence-electron chi connectivity index (χ1n) is 9.71. The van der Waals surface area contributed by atoms with Crippen LogP contribution in [-0.2, 0) is 4.79 Å². The predicted octanol–water partition coefficient (Wildman–Crippen LogP) is 2.67. The summed E-state index contributed by atoms with van der Waals surface area (Å²) in [5, 5.41) is 8.36. The number of amidine groups is 1. The van der Waals surface area contributed by atoms with Gasteiger partial charge in [-0.15, -0.1) is 0 Å². The van der Waals surface area contributed by atoms with E-state index in [1.807, 2.05) is 29.2 Å². The summed E-state index contributed by atoms with van der Waals surface area (Å²) in [6.07, 6.45) is 5.31. The minimum Gasteiger partial charge on any atom is -0.486 e. The number of fused-ring (bicyclic) bond motifs is 1. The lowest BCUT2D eigenvalue weighted by Gasteiger charge is -2.38. The second-order valence-corrected chi connectivity index (χ2v) is 7.41. The van der Waals surface area contributed by atoms with E-state index in [9.17, 15) is 4.79 Å². The summed E-state index contributed by atoms with van der Waals surface area (Å²) in [5.41, 5.74) is 0. The second-order valence-electron chi connectivity index (χ2n) is 7.41. The fourth-order valence-electron chi connectivity index (χ4n) is 4.18. The van der Waals surface area contributed by atoms with Crippen LogP contribution < -0.4 is 9.47 Å². The minimum atomic E-state index is 0.0823. The number of likely N-dealkylation sites (tertiary alicyclic amines) is 2. The van der Waals surface area contributed by atoms with E-state index >= 15 is 0 Å². The van der Waals surface area contributed by atoms with E-state index in [2.05, 4.69) is 4.90 Å². The number of amides is 1. The average Bonchev–Trinajstić information content (AvgIpc) is 3.09. The zero-order valence-electron chi connectivity index (χ0n) is 15.2. The Morgan fingerprint density at radius 3 is 2.81 bits per heavy atom. The lowest BCUT2D eigenvalue weighted by atomic mass is 10.0. The SMILES string of the molecule is N=C1CC(N2CCCC2=O)CCN1CCCC1COc2ccccc2O1. The largest absolute Gasteiger partial charge is 0.486 e. The molecule has 2 saturated heterocycles. The molecule has 0 saturated carbocycles. The monoisotopic (exact) mass is 357 g/mol. The Morgan fingerprint density at radius 2 is 2.04 bits per heavy atom. The van der Waals surface area contributed by atoms with E-state index in [1.54, 1.807) is 0 Å². The molecule has 140 valence electrons. The normalized spacial score (nSPS) is 25.7. The number of piperidine rings is 1. The van der Waals surface area contributed by atoms with Crippen molar-refractivity contribution in [2.24, 2.45) is 0 Å². The van der Waals surface area contributed by atoms with Crippen LogP contribution in [0.4, 0.5) is 0 Å². The molecule has 6 heteroatoms. The molecule has 1 amide bonds. The van der Waals surface area contributed by atoms with Crippen molar-refractivity contribution in [2.45, 2.75) is 50.7 Å². The van der Waals surface area contributed by atoms with Gasteiger partial charge >= 0.3 is 0 Å². The maximum atomic E-state index is 11.9. The Balaban J connectivity index is 1.21. The van der Waals surface area contributed by atoms with Gasteiger partial charge in [0.05, 0.1) is 5.84 Å². The van der Waals surface area contributed by atoms with Crippen LogP contribution in [0.15, 0.2) is 24.3 Å². The molecule has 1 N–H and O–H groups in total. The number of nitrogens with zero attached hydrogens (tertiary/aromatic N) is 2. The standard InChI is InChI=1S/C20H27N3O3/c21-19-13-15(23-11-4-8-20(23)24)9-12-22(19)10-3-5-16-14-25-17-6-1-2-7-18(17)26-16/h1-2,6-7,15-16,21H,3-5,8-14H2. The maximum Gasteiger partial charge on any atom is 0.222 e. The number of hydrogen-bond acceptors (Lipinski definition) is 4. The Labute approximate surface area is 154 Å². The summed E-state index contributed by atoms with van der Waals surface area (Å²) in [4.78, 5) is 16.1. The van der Waals surface area contributed by atoms with Crippen LogP contribution in [0.1, 0.15) is 38.5 Å². The van der Waals surface area contributed by atoms with Crippen molar-refractivity contribution in [2.75, 3.05) is 26.2 Å². The van der Waals surface area contributed by atoms with Crippen molar-refractivity contribution >= 4 is 11.7 Å². The molecule has 0 bridgehead atoms. The number of hydrogen-bond donors (Lipinski definition) is 1. The van der Waals surface area contributed by atoms with Gasteiger partial charge < -0.3 is 19.3 Å². The van der Waals surface area contributed by atoms with Gasteiger partial charge in [-0.2, -0.15) is 0 Å². The molecule has 4 rings (SSSR count). The van der Waals surface area contributed by atoms with Crippen molar-refractivity contribution < 1.29 is 14.3 Å². The van der Waals surface area contributed by atoms with E-state index in [1.165, 1.54) is 0 Å². The fraction of sp³-hybridized carbons (Fsp3) is 0.600. The number of ether oxygens (including phenoxy) is 2. The van der Waals surface area contributed by atoms with Crippen LogP contribution in [0.5, 0.6) is 11.5 Å². The summed E-state index contributed by atoms with van der Waals surface area (Å²) >= 11 is 0. The van der Waals surface area contributed by atoms with Crippen LogP contribution in [0.3, 0.4) is 0 Å². The summed E-state index contributed by atoms with van der Waals surface area (Å²) in [7, 11) is 0. The fourth-order valence-corrected chi connectivity index (χ4v) is 4.18. The highest BCUT2D eigenvalue weighted by atomic mass is 16.6. The van der Waals surface area contributed by atoms with Crippen LogP contribution in [0, 0.1) is 5.41 Å². The van der Waals surface area contributed by atoms with Gasteiger partial charge in [0.15, 0.2) is 11.5 Å². The van der Waals surface area contributed by atoms with Crippen molar-refractivity contribution in [3.63, 3.8) is 0 Å². The summed E-state index contributed by atoms with van der Waals surface area (Å²) < 4.78 is 11.8. The number of benzene rings is 1. The van der Waals surface area contributed by atoms with Crippen LogP contribution in [0.25, 0.3) is 0 Å². The summed E-state index contributed by atoms with van der Waals surface area (Å²) in [6, 6.07) is 8.03. The first kappa shape index (κ1) is 17.2. The lowest BCUT2D eigenvalue weighted by molar-refractivity contribution is -0.129. The number of rotatable bonds is 5. The van der Waals surface area contributed by atoms with Crippen LogP contribution in [0.2, 0.25) is 0 Å². The molecule has 2 unspecified atom stereocenters. The van der Waals surface area contributed by atoms with E-state index in [-0.39, 0.29) is 18.1 Å². The molecule has 26 heavy (non-hydrogen) atoms. The van der Waals surface area contributed by atoms with Crippen molar-refractivity contribution in [3.05, 3.63) is 24.3 Å². The van der Waals surface area contributed by atoms with Crippen molar-refractivity contribution in [1.29, 1.82) is 5.41 Å². The average molecular weight is 357 g/mol. The molecule has 3 aliphatic heterocycles. The van der Waals surface area contributed by atoms with Crippen molar-refractivity contribution in [3.8, 4) is 11.5 Å². The molecular weight excluding hydrogens is 330 g/mol. The third kappa shape index (κ3) is 3.64. The molecule has 0 aromatic heterocycles. The second kappa shape index (κ2) is 7.56. The molecule has 3 aliphatic rings. The molecule has 2 fully saturated rings. The number of carbonyl (C=O) groups is 1. The molecule has 0 aliphatic carbocycles. The Hall–Kier alpha value is -2.24. The van der Waals surface area contributed by atoms with E-state index < -0.39 is 0 Å². The molecular formula is C20H27N3O3. The summed E-state index contributed by atoms with van der Waals surface area (Å²) in [5.74, 6) is 2.59. The molecule has 1 aromatic carbocycles. The Morgan fingerprint density at radius 1 is 1.19 bits per heavy atom. The molecule has 0 spiro atoms. The van der Waals surface area contributed by atoms with Gasteiger partial charge in [0.1, 0.15) is 12.7 Å². The van der Waals surface area contributed by atoms with Gasteiger partial charge in [-0.1, -0.05) is 12.1 Å². The summed E-state index contributed by atoms with van der Waals surface area (Å²) in [6.45, 7) is 3.21. The third-order valence-electron chi connectivity index (χ3n) is 5.62. The zero-order valence-corrected chi connectivity index (χ0v) is 15.2.